The lowest BCUT2D eigenvalue weighted by Crippen LogP contribution is -2.40. The average Bonchev–Trinajstić information content (AvgIpc) is 2.67. The van der Waals surface area contributed by atoms with Crippen molar-refractivity contribution in [1.29, 1.82) is 0 Å². The number of carbonyl (C=O) groups excluding carboxylic acids is 1. The molecule has 0 aromatic heterocycles. The monoisotopic (exact) mass is 473 g/mol. The molecule has 1 aliphatic rings. The topological polar surface area (TPSA) is 136 Å². The molecule has 0 saturated heterocycles. The van der Waals surface area contributed by atoms with Crippen LogP contribution in [0.4, 0.5) is 5.69 Å². The highest BCUT2D eigenvalue weighted by atomic mass is 35.5. The van der Waals surface area contributed by atoms with Crippen molar-refractivity contribution in [3.8, 4) is 0 Å². The van der Waals surface area contributed by atoms with Crippen molar-refractivity contribution in [3.05, 3.63) is 53.1 Å². The lowest BCUT2D eigenvalue weighted by Gasteiger charge is -2.29. The first-order valence-electron chi connectivity index (χ1n) is 8.89. The van der Waals surface area contributed by atoms with E-state index in [1.165, 1.54) is 6.07 Å². The standard InChI is InChI=1S/C18H20ClN3O6S2/c19-14-9-15-17(10-16(14)29(20,24)25)30(26,27)22(12-21-15)8-4-7-18(23)28-11-13-5-2-1-3-6-13/h1-3,5-6,9-10,21H,4,7-8,11-12H2,(H2,20,24,25). The summed E-state index contributed by atoms with van der Waals surface area (Å²) in [7, 11) is -8.19. The van der Waals surface area contributed by atoms with Crippen LogP contribution in [-0.2, 0) is 36.2 Å². The number of esters is 1. The van der Waals surface area contributed by atoms with Crippen LogP contribution in [0.3, 0.4) is 0 Å². The zero-order valence-corrected chi connectivity index (χ0v) is 18.1. The Hall–Kier alpha value is -2.18. The molecule has 2 aromatic carbocycles. The van der Waals surface area contributed by atoms with Crippen LogP contribution < -0.4 is 10.5 Å². The van der Waals surface area contributed by atoms with Gasteiger partial charge in [-0.3, -0.25) is 4.79 Å². The summed E-state index contributed by atoms with van der Waals surface area (Å²) in [5.41, 5.74) is 1.04. The normalized spacial score (nSPS) is 15.8. The molecule has 0 amide bonds. The largest absolute Gasteiger partial charge is 0.461 e. The number of nitrogens with two attached hydrogens (primary N) is 1. The first-order chi connectivity index (χ1) is 14.1. The van der Waals surface area contributed by atoms with Crippen LogP contribution >= 0.6 is 11.6 Å². The molecule has 0 bridgehead atoms. The molecule has 3 N–H and O–H groups in total. The Kier molecular flexibility index (Phi) is 6.68. The Labute approximate surface area is 179 Å². The van der Waals surface area contributed by atoms with Crippen molar-refractivity contribution < 1.29 is 26.4 Å². The van der Waals surface area contributed by atoms with Gasteiger partial charge in [0.05, 0.1) is 17.4 Å². The van der Waals surface area contributed by atoms with Crippen LogP contribution in [0.2, 0.25) is 5.02 Å². The van der Waals surface area contributed by atoms with E-state index in [4.69, 9.17) is 21.5 Å². The van der Waals surface area contributed by atoms with E-state index in [0.717, 1.165) is 15.9 Å². The van der Waals surface area contributed by atoms with Gasteiger partial charge in [-0.1, -0.05) is 41.9 Å². The number of fused-ring (bicyclic) bond motifs is 1. The van der Waals surface area contributed by atoms with Crippen molar-refractivity contribution in [2.75, 3.05) is 18.5 Å². The molecular formula is C18H20ClN3O6S2. The van der Waals surface area contributed by atoms with Gasteiger partial charge in [0.1, 0.15) is 16.4 Å². The van der Waals surface area contributed by atoms with Gasteiger partial charge in [-0.05, 0) is 24.1 Å². The summed E-state index contributed by atoms with van der Waals surface area (Å²) >= 11 is 5.91. The molecule has 162 valence electrons. The summed E-state index contributed by atoms with van der Waals surface area (Å²) in [4.78, 5) is 11.2. The minimum absolute atomic E-state index is 0.0365. The third-order valence-electron chi connectivity index (χ3n) is 4.44. The predicted octanol–water partition coefficient (Wildman–Crippen LogP) is 1.88. The summed E-state index contributed by atoms with van der Waals surface area (Å²) in [5.74, 6) is -0.440. The van der Waals surface area contributed by atoms with E-state index >= 15 is 0 Å². The van der Waals surface area contributed by atoms with Gasteiger partial charge >= 0.3 is 5.97 Å². The maximum Gasteiger partial charge on any atom is 0.306 e. The van der Waals surface area contributed by atoms with Crippen LogP contribution in [0.1, 0.15) is 18.4 Å². The molecule has 12 heteroatoms. The number of sulfonamides is 2. The van der Waals surface area contributed by atoms with E-state index in [1.807, 2.05) is 30.3 Å². The van der Waals surface area contributed by atoms with Crippen LogP contribution in [0, 0.1) is 0 Å². The second-order valence-electron chi connectivity index (χ2n) is 6.59. The number of hydrogen-bond acceptors (Lipinski definition) is 7. The molecule has 30 heavy (non-hydrogen) atoms. The van der Waals surface area contributed by atoms with Crippen LogP contribution in [-0.4, -0.2) is 40.3 Å². The van der Waals surface area contributed by atoms with Crippen LogP contribution in [0.5, 0.6) is 0 Å². The van der Waals surface area contributed by atoms with Crippen molar-refractivity contribution in [1.82, 2.24) is 4.31 Å². The molecule has 0 spiro atoms. The van der Waals surface area contributed by atoms with Crippen molar-refractivity contribution >= 4 is 43.3 Å². The van der Waals surface area contributed by atoms with Gasteiger partial charge < -0.3 is 10.1 Å². The number of primary sulfonamides is 1. The van der Waals surface area contributed by atoms with E-state index in [1.54, 1.807) is 0 Å². The molecule has 0 unspecified atom stereocenters. The smallest absolute Gasteiger partial charge is 0.306 e. The van der Waals surface area contributed by atoms with E-state index < -0.39 is 30.9 Å². The van der Waals surface area contributed by atoms with Crippen molar-refractivity contribution in [3.63, 3.8) is 0 Å². The molecule has 0 atom stereocenters. The Balaban J connectivity index is 1.63. The Morgan fingerprint density at radius 2 is 1.93 bits per heavy atom. The molecule has 3 rings (SSSR count). The Morgan fingerprint density at radius 1 is 1.23 bits per heavy atom. The fraction of sp³-hybridized carbons (Fsp3) is 0.278. The van der Waals surface area contributed by atoms with Gasteiger partial charge in [0.15, 0.2) is 0 Å². The molecule has 2 aromatic rings. The number of anilines is 1. The average molecular weight is 474 g/mol. The summed E-state index contributed by atoms with van der Waals surface area (Å²) in [6.45, 7) is 0.149. The van der Waals surface area contributed by atoms with Gasteiger partial charge in [-0.25, -0.2) is 22.0 Å². The van der Waals surface area contributed by atoms with Gasteiger partial charge in [0.2, 0.25) is 20.0 Å². The Morgan fingerprint density at radius 3 is 2.60 bits per heavy atom. The molecule has 0 fully saturated rings. The predicted molar refractivity (Wildman–Crippen MR) is 111 cm³/mol. The number of rotatable bonds is 7. The molecule has 9 nitrogen and oxygen atoms in total. The quantitative estimate of drug-likeness (QED) is 0.586. The van der Waals surface area contributed by atoms with Crippen molar-refractivity contribution in [2.45, 2.75) is 29.2 Å². The molecule has 1 heterocycles. The van der Waals surface area contributed by atoms with Crippen LogP contribution in [0.15, 0.2) is 52.3 Å². The lowest BCUT2D eigenvalue weighted by atomic mass is 10.2. The molecule has 0 radical (unpaired) electrons. The Bertz CT molecular complexity index is 1150. The third-order valence-corrected chi connectivity index (χ3v) is 7.70. The summed E-state index contributed by atoms with van der Waals surface area (Å²) < 4.78 is 55.3. The highest BCUT2D eigenvalue weighted by Gasteiger charge is 2.33. The second-order valence-corrected chi connectivity index (χ2v) is 10.4. The fourth-order valence-electron chi connectivity index (χ4n) is 2.91. The van der Waals surface area contributed by atoms with Gasteiger partial charge in [-0.15, -0.1) is 0 Å². The van der Waals surface area contributed by atoms with E-state index in [-0.39, 0.29) is 48.3 Å². The molecular weight excluding hydrogens is 454 g/mol. The SMILES string of the molecule is NS(=O)(=O)c1cc2c(cc1Cl)NCN(CCCC(=O)OCc1ccccc1)S2(=O)=O. The number of benzene rings is 2. The number of nitrogens with zero attached hydrogens (tertiary/aromatic N) is 1. The van der Waals surface area contributed by atoms with E-state index in [0.29, 0.717) is 0 Å². The van der Waals surface area contributed by atoms with Gasteiger partial charge in [0.25, 0.3) is 0 Å². The minimum atomic E-state index is -4.20. The zero-order chi connectivity index (χ0) is 21.9. The summed E-state index contributed by atoms with van der Waals surface area (Å²) in [6, 6.07) is 11.4. The lowest BCUT2D eigenvalue weighted by molar-refractivity contribution is -0.145. The van der Waals surface area contributed by atoms with E-state index in [9.17, 15) is 21.6 Å². The molecule has 0 aliphatic carbocycles. The summed E-state index contributed by atoms with van der Waals surface area (Å²) in [6.07, 6.45) is 0.272. The van der Waals surface area contributed by atoms with E-state index in [2.05, 4.69) is 5.32 Å². The minimum Gasteiger partial charge on any atom is -0.461 e. The molecule has 0 saturated carbocycles. The number of carbonyl (C=O) groups is 1. The second kappa shape index (κ2) is 8.90. The molecule has 1 aliphatic heterocycles. The third kappa shape index (κ3) is 5.10. The highest BCUT2D eigenvalue weighted by molar-refractivity contribution is 7.90. The van der Waals surface area contributed by atoms with Crippen molar-refractivity contribution in [2.24, 2.45) is 5.14 Å². The maximum absolute atomic E-state index is 12.9. The van der Waals surface area contributed by atoms with Gasteiger partial charge in [0, 0.05) is 13.0 Å². The number of ether oxygens (including phenoxy) is 1. The van der Waals surface area contributed by atoms with Gasteiger partial charge in [-0.2, -0.15) is 4.31 Å². The number of nitrogens with one attached hydrogen (secondary N) is 1. The fourth-order valence-corrected chi connectivity index (χ4v) is 5.64. The first kappa shape index (κ1) is 22.5. The highest BCUT2D eigenvalue weighted by Crippen LogP contribution is 2.35. The van der Waals surface area contributed by atoms with Crippen LogP contribution in [0.25, 0.3) is 0 Å². The zero-order valence-electron chi connectivity index (χ0n) is 15.7. The number of hydrogen-bond donors (Lipinski definition) is 2. The summed E-state index contributed by atoms with van der Waals surface area (Å²) in [5, 5.41) is 7.82. The number of halogens is 1. The first-order valence-corrected chi connectivity index (χ1v) is 12.3. The maximum atomic E-state index is 12.9.